The molecule has 5 rings (SSSR count). The fourth-order valence-corrected chi connectivity index (χ4v) is 9.25. The lowest BCUT2D eigenvalue weighted by Crippen LogP contribution is -2.66. The van der Waals surface area contributed by atoms with Gasteiger partial charge in [0, 0.05) is 52.1 Å². The number of amides is 7. The number of nitrogens with zero attached hydrogens (tertiary/aromatic N) is 4. The number of nitrogens with two attached hydrogens (primary N) is 1. The molecule has 416 valence electrons. The van der Waals surface area contributed by atoms with Crippen LogP contribution in [-0.4, -0.2) is 219 Å². The fraction of sp³-hybridized carbons (Fsp3) is 0.756. The number of ether oxygens (including phenoxy) is 4. The van der Waals surface area contributed by atoms with E-state index in [0.717, 1.165) is 33.1 Å². The van der Waals surface area contributed by atoms with Crippen molar-refractivity contribution >= 4 is 41.7 Å². The number of aromatic amines is 1. The maximum Gasteiger partial charge on any atom is 0.330 e. The number of aliphatic hydroxyl groups is 4. The number of likely N-dealkylation sites (N-methyl/N-ethyl adjacent to an activating group) is 1. The maximum atomic E-state index is 14.7. The van der Waals surface area contributed by atoms with Gasteiger partial charge in [0.05, 0.1) is 12.1 Å². The first-order valence-corrected chi connectivity index (χ1v) is 24.8. The molecule has 14 N–H and O–H groups in total. The first-order valence-electron chi connectivity index (χ1n) is 24.8. The van der Waals surface area contributed by atoms with Crippen molar-refractivity contribution in [3.05, 3.63) is 33.1 Å². The van der Waals surface area contributed by atoms with Crippen LogP contribution in [0.5, 0.6) is 0 Å². The van der Waals surface area contributed by atoms with Crippen LogP contribution < -0.4 is 48.9 Å². The number of hydrogen-bond donors (Lipinski definition) is 13. The highest BCUT2D eigenvalue weighted by molar-refractivity contribution is 6.04. The lowest BCUT2D eigenvalue weighted by Gasteiger charge is -2.36. The zero-order valence-electron chi connectivity index (χ0n) is 42.5. The van der Waals surface area contributed by atoms with Gasteiger partial charge >= 0.3 is 23.7 Å². The van der Waals surface area contributed by atoms with Crippen LogP contribution in [0.4, 0.5) is 9.59 Å². The second-order valence-electron chi connectivity index (χ2n) is 19.3. The summed E-state index contributed by atoms with van der Waals surface area (Å²) in [4.78, 5) is 115. The molecular formula is C45H74N12O17. The number of guanidine groups is 1. The highest BCUT2D eigenvalue weighted by Crippen LogP contribution is 2.38. The topological polar surface area (TPSA) is 412 Å². The molecule has 1 aromatic heterocycles. The third-order valence-corrected chi connectivity index (χ3v) is 13.3. The number of rotatable bonds is 26. The second kappa shape index (κ2) is 26.6. The Balaban J connectivity index is 1.42. The Labute approximate surface area is 426 Å². The third kappa shape index (κ3) is 13.9. The van der Waals surface area contributed by atoms with Crippen LogP contribution in [0.2, 0.25) is 0 Å². The molecule has 3 saturated heterocycles. The number of H-pyrrole nitrogens is 1. The predicted octanol–water partition coefficient (Wildman–Crippen LogP) is -4.85. The summed E-state index contributed by atoms with van der Waals surface area (Å²) in [6.45, 7) is 8.00. The van der Waals surface area contributed by atoms with Gasteiger partial charge in [-0.05, 0) is 38.1 Å². The SMILES string of the molecule is CCCCCN1C(=O)C(C(OC2O[C@H](CNC)[C@@H](O)[C@H]2OC)[C@H]2O[C@@H](n3ccc(=O)[nH]c3=O)[C@H](O)[C@@H]2O)N(CCCNC(=O)C(NC(=O)C(NC(=O)NC(C(=O)O)C(C)C)C2CCN=C(N)N2)C(O)C(C)C)C1=O. The summed E-state index contributed by atoms with van der Waals surface area (Å²) in [5.74, 6) is -5.12. The van der Waals surface area contributed by atoms with Crippen LogP contribution in [0.1, 0.15) is 73.0 Å². The van der Waals surface area contributed by atoms with E-state index in [1.54, 1.807) is 34.7 Å². The minimum absolute atomic E-state index is 0.0305. The Kier molecular flexibility index (Phi) is 21.3. The number of methoxy groups -OCH3 is 1. The molecule has 7 amide bonds. The average Bonchev–Trinajstić information content (AvgIpc) is 3.90. The second-order valence-corrected chi connectivity index (χ2v) is 19.3. The van der Waals surface area contributed by atoms with Gasteiger partial charge in [0.1, 0.15) is 66.9 Å². The number of carboxylic acid groups (broad SMARTS) is 1. The number of carbonyl (C=O) groups excluding carboxylic acids is 5. The van der Waals surface area contributed by atoms with Crippen molar-refractivity contribution in [1.29, 1.82) is 0 Å². The molecule has 8 unspecified atom stereocenters. The summed E-state index contributed by atoms with van der Waals surface area (Å²) in [7, 11) is 2.90. The molecule has 0 radical (unpaired) electrons. The lowest BCUT2D eigenvalue weighted by atomic mass is 9.97. The molecule has 0 aromatic carbocycles. The van der Waals surface area contributed by atoms with Gasteiger partial charge in [0.25, 0.3) is 11.5 Å². The van der Waals surface area contributed by atoms with E-state index in [9.17, 15) is 63.9 Å². The first-order chi connectivity index (χ1) is 35.1. The fourth-order valence-electron chi connectivity index (χ4n) is 9.25. The summed E-state index contributed by atoms with van der Waals surface area (Å²) < 4.78 is 25.0. The van der Waals surface area contributed by atoms with Gasteiger partial charge in [-0.2, -0.15) is 0 Å². The Bertz CT molecular complexity index is 2270. The van der Waals surface area contributed by atoms with E-state index in [2.05, 4.69) is 41.9 Å². The molecule has 0 saturated carbocycles. The van der Waals surface area contributed by atoms with Crippen LogP contribution in [0.15, 0.2) is 26.8 Å². The van der Waals surface area contributed by atoms with E-state index in [1.807, 2.05) is 6.92 Å². The number of carbonyl (C=O) groups is 6. The molecule has 4 aliphatic rings. The van der Waals surface area contributed by atoms with Crippen molar-refractivity contribution in [2.24, 2.45) is 22.6 Å². The van der Waals surface area contributed by atoms with Crippen molar-refractivity contribution < 1.29 is 73.2 Å². The highest BCUT2D eigenvalue weighted by atomic mass is 16.7. The Morgan fingerprint density at radius 3 is 2.26 bits per heavy atom. The average molecular weight is 1060 g/mol. The zero-order valence-corrected chi connectivity index (χ0v) is 42.5. The molecule has 1 aromatic rings. The summed E-state index contributed by atoms with van der Waals surface area (Å²) in [5.41, 5.74) is 4.15. The normalized spacial score (nSPS) is 28.1. The number of aliphatic imine (C=N–C) groups is 1. The minimum Gasteiger partial charge on any atom is -0.480 e. The van der Waals surface area contributed by atoms with E-state index in [-0.39, 0.29) is 51.5 Å². The number of imide groups is 1. The van der Waals surface area contributed by atoms with Gasteiger partial charge in [-0.1, -0.05) is 47.5 Å². The Morgan fingerprint density at radius 2 is 1.65 bits per heavy atom. The van der Waals surface area contributed by atoms with E-state index in [1.165, 1.54) is 7.11 Å². The monoisotopic (exact) mass is 1050 g/mol. The highest BCUT2D eigenvalue weighted by Gasteiger charge is 2.59. The van der Waals surface area contributed by atoms with E-state index < -0.39 is 150 Å². The number of nitrogens with one attached hydrogen (secondary N) is 7. The van der Waals surface area contributed by atoms with Crippen molar-refractivity contribution in [1.82, 2.24) is 51.3 Å². The quantitative estimate of drug-likeness (QED) is 0.0306. The molecule has 4 aliphatic heterocycles. The van der Waals surface area contributed by atoms with Crippen molar-refractivity contribution in [2.45, 2.75) is 158 Å². The molecule has 0 aliphatic carbocycles. The van der Waals surface area contributed by atoms with Gasteiger partial charge in [0.2, 0.25) is 11.8 Å². The predicted molar refractivity (Wildman–Crippen MR) is 259 cm³/mol. The lowest BCUT2D eigenvalue weighted by molar-refractivity contribution is -0.233. The molecule has 29 heteroatoms. The molecule has 15 atom stereocenters. The molecule has 5 heterocycles. The first kappa shape index (κ1) is 59.1. The Hall–Kier alpha value is -5.79. The zero-order chi connectivity index (χ0) is 54.7. The number of urea groups is 2. The van der Waals surface area contributed by atoms with Gasteiger partial charge in [-0.3, -0.25) is 38.6 Å². The van der Waals surface area contributed by atoms with Gasteiger partial charge in [-0.25, -0.2) is 19.2 Å². The van der Waals surface area contributed by atoms with Crippen molar-refractivity contribution in [3.8, 4) is 0 Å². The molecule has 3 fully saturated rings. The minimum atomic E-state index is -1.91. The van der Waals surface area contributed by atoms with Crippen LogP contribution in [0.3, 0.4) is 0 Å². The maximum absolute atomic E-state index is 14.7. The number of carboxylic acids is 1. The standard InChI is InChI=1S/C45H74N12O17/c1-8-9-10-16-56-38(65)28(33(74-41-35(71-7)30(60)23(72-41)19-47-6)34-31(61)32(62)39(73-34)57-18-13-24(58)51-44(57)69)55(45(56)70)17-11-14-48-36(63)27(29(59)21(4)5)52-37(64)26(22-12-15-49-42(46)50-22)54-43(68)53-25(20(2)3)40(66)67/h13,18,20-23,25-35,39,41,47,59-62H,8-12,14-17,19H2,1-7H3,(H,48,63)(H,52,64)(H,66,67)(H3,46,49,50)(H,51,58,69)(H2,53,54,68)/t22?,23-,25?,26?,27?,28?,29?,30-,31+,32-,33?,34+,35-,39-,41?/m1/s1. The number of hydrogen-bond acceptors (Lipinski definition) is 20. The summed E-state index contributed by atoms with van der Waals surface area (Å²) in [6.07, 6.45) is -12.3. The molecule has 0 spiro atoms. The summed E-state index contributed by atoms with van der Waals surface area (Å²) >= 11 is 0. The number of aliphatic hydroxyl groups excluding tert-OH is 4. The van der Waals surface area contributed by atoms with Crippen molar-refractivity contribution in [3.63, 3.8) is 0 Å². The van der Waals surface area contributed by atoms with Crippen LogP contribution in [0.25, 0.3) is 0 Å². The molecular weight excluding hydrogens is 981 g/mol. The largest absolute Gasteiger partial charge is 0.480 e. The summed E-state index contributed by atoms with van der Waals surface area (Å²) in [5, 5.41) is 70.9. The number of aromatic nitrogens is 2. The smallest absolute Gasteiger partial charge is 0.330 e. The Morgan fingerprint density at radius 1 is 0.932 bits per heavy atom. The number of aliphatic carboxylic acids is 1. The van der Waals surface area contributed by atoms with E-state index >= 15 is 0 Å². The van der Waals surface area contributed by atoms with Crippen LogP contribution in [-0.2, 0) is 38.1 Å². The summed E-state index contributed by atoms with van der Waals surface area (Å²) in [6, 6.07) is -7.78. The van der Waals surface area contributed by atoms with Gasteiger partial charge < -0.3 is 87.0 Å². The van der Waals surface area contributed by atoms with E-state index in [4.69, 9.17) is 24.7 Å². The van der Waals surface area contributed by atoms with Crippen LogP contribution >= 0.6 is 0 Å². The molecule has 29 nitrogen and oxygen atoms in total. The molecule has 74 heavy (non-hydrogen) atoms. The van der Waals surface area contributed by atoms with Gasteiger partial charge in [0.15, 0.2) is 18.5 Å². The number of unbranched alkanes of at least 4 members (excludes halogenated alkanes) is 2. The van der Waals surface area contributed by atoms with Gasteiger partial charge in [-0.15, -0.1) is 0 Å². The van der Waals surface area contributed by atoms with E-state index in [0.29, 0.717) is 12.8 Å². The molecule has 0 bridgehead atoms. The third-order valence-electron chi connectivity index (χ3n) is 13.3. The van der Waals surface area contributed by atoms with Crippen molar-refractivity contribution in [2.75, 3.05) is 46.9 Å². The van der Waals surface area contributed by atoms with Crippen LogP contribution in [0, 0.1) is 11.8 Å².